The van der Waals surface area contributed by atoms with Crippen molar-refractivity contribution >= 4 is 22.4 Å². The maximum atomic E-state index is 11.7. The molecule has 0 fully saturated rings. The number of H-pyrrole nitrogens is 1. The summed E-state index contributed by atoms with van der Waals surface area (Å²) in [5, 5.41) is 9.24. The Morgan fingerprint density at radius 3 is 2.76 bits per heavy atom. The molecular weight excluding hydrogens is 240 g/mol. The van der Waals surface area contributed by atoms with E-state index in [0.29, 0.717) is 24.3 Å². The molecule has 7 heteroatoms. The number of nitrogens with two attached hydrogens (primary N) is 1. The van der Waals surface area contributed by atoms with E-state index in [1.54, 1.807) is 13.2 Å². The molecule has 0 spiro atoms. The lowest BCUT2D eigenvalue weighted by molar-refractivity contribution is 0.0949. The largest absolute Gasteiger partial charge is 0.395 e. The highest BCUT2D eigenvalue weighted by molar-refractivity contribution is 7.84. The molecule has 0 bridgehead atoms. The van der Waals surface area contributed by atoms with Crippen LogP contribution < -0.4 is 11.1 Å². The van der Waals surface area contributed by atoms with E-state index in [4.69, 9.17) is 5.73 Å². The minimum atomic E-state index is -0.868. The van der Waals surface area contributed by atoms with Crippen LogP contribution in [0.4, 0.5) is 5.69 Å². The molecule has 4 N–H and O–H groups in total. The number of nitrogen functional groups attached to an aromatic ring is 1. The fraction of sp³-hybridized carbons (Fsp3) is 0.600. The van der Waals surface area contributed by atoms with Crippen LogP contribution in [0.3, 0.4) is 0 Å². The van der Waals surface area contributed by atoms with Crippen molar-refractivity contribution in [2.45, 2.75) is 25.5 Å². The van der Waals surface area contributed by atoms with E-state index >= 15 is 0 Å². The summed E-state index contributed by atoms with van der Waals surface area (Å²) in [5.74, 6) is -0.305. The van der Waals surface area contributed by atoms with Gasteiger partial charge in [0.1, 0.15) is 0 Å². The molecule has 0 aliphatic heterocycles. The second kappa shape index (κ2) is 5.81. The number of aryl methyl sites for hydroxylation is 1. The van der Waals surface area contributed by atoms with Gasteiger partial charge in [0.05, 0.1) is 11.4 Å². The Bertz CT molecular complexity index is 430. The van der Waals surface area contributed by atoms with Crippen molar-refractivity contribution in [1.82, 2.24) is 15.5 Å². The zero-order valence-electron chi connectivity index (χ0n) is 10.2. The number of nitrogens with one attached hydrogen (secondary N) is 2. The van der Waals surface area contributed by atoms with Crippen LogP contribution in [0.1, 0.15) is 29.5 Å². The molecule has 1 amide bonds. The second-order valence-corrected chi connectivity index (χ2v) is 5.77. The van der Waals surface area contributed by atoms with E-state index in [1.165, 1.54) is 0 Å². The number of hydrogen-bond donors (Lipinski definition) is 3. The summed E-state index contributed by atoms with van der Waals surface area (Å²) in [4.78, 5) is 11.7. The van der Waals surface area contributed by atoms with Gasteiger partial charge in [-0.3, -0.25) is 14.1 Å². The van der Waals surface area contributed by atoms with Crippen molar-refractivity contribution in [3.8, 4) is 0 Å². The van der Waals surface area contributed by atoms with Crippen molar-refractivity contribution in [2.75, 3.05) is 18.5 Å². The molecular formula is C10H18N4O2S. The Morgan fingerprint density at radius 2 is 2.29 bits per heavy atom. The van der Waals surface area contributed by atoms with Gasteiger partial charge < -0.3 is 11.1 Å². The average molecular weight is 258 g/mol. The number of nitrogens with zero attached hydrogens (tertiary/aromatic N) is 1. The molecule has 1 heterocycles. The molecule has 0 radical (unpaired) electrons. The summed E-state index contributed by atoms with van der Waals surface area (Å²) in [6.45, 7) is 4.10. The normalized spacial score (nSPS) is 14.3. The Morgan fingerprint density at radius 1 is 1.65 bits per heavy atom. The minimum Gasteiger partial charge on any atom is -0.395 e. The lowest BCUT2D eigenvalue weighted by atomic mass is 10.3. The third-order valence-corrected chi connectivity index (χ3v) is 3.98. The van der Waals surface area contributed by atoms with Crippen LogP contribution in [0.15, 0.2) is 0 Å². The van der Waals surface area contributed by atoms with Gasteiger partial charge in [0.25, 0.3) is 5.91 Å². The SMILES string of the molecule is Cc1[nH]nc(C(=O)NCCC(C)S(C)=O)c1N. The number of amides is 1. The van der Waals surface area contributed by atoms with Gasteiger partial charge in [0.2, 0.25) is 0 Å². The van der Waals surface area contributed by atoms with Crippen molar-refractivity contribution in [3.05, 3.63) is 11.4 Å². The van der Waals surface area contributed by atoms with Gasteiger partial charge in [-0.1, -0.05) is 6.92 Å². The first-order valence-corrected chi connectivity index (χ1v) is 6.96. The van der Waals surface area contributed by atoms with Gasteiger partial charge in [-0.25, -0.2) is 0 Å². The Labute approximate surface area is 103 Å². The summed E-state index contributed by atoms with van der Waals surface area (Å²) in [6.07, 6.45) is 2.32. The monoisotopic (exact) mass is 258 g/mol. The molecule has 2 atom stereocenters. The summed E-state index contributed by atoms with van der Waals surface area (Å²) in [5.41, 5.74) is 6.94. The quantitative estimate of drug-likeness (QED) is 0.701. The topological polar surface area (TPSA) is 101 Å². The molecule has 0 aliphatic rings. The molecule has 6 nitrogen and oxygen atoms in total. The van der Waals surface area contributed by atoms with Gasteiger partial charge in [0, 0.05) is 28.9 Å². The zero-order chi connectivity index (χ0) is 13.0. The minimum absolute atomic E-state index is 0.0635. The van der Waals surface area contributed by atoms with Crippen molar-refractivity contribution in [2.24, 2.45) is 0 Å². The fourth-order valence-electron chi connectivity index (χ4n) is 1.25. The predicted molar refractivity (Wildman–Crippen MR) is 68.2 cm³/mol. The lowest BCUT2D eigenvalue weighted by Crippen LogP contribution is -2.28. The number of anilines is 1. The highest BCUT2D eigenvalue weighted by atomic mass is 32.2. The van der Waals surface area contributed by atoms with Crippen molar-refractivity contribution in [1.29, 1.82) is 0 Å². The maximum Gasteiger partial charge on any atom is 0.273 e. The third kappa shape index (κ3) is 3.55. The van der Waals surface area contributed by atoms with Crippen LogP contribution in [-0.4, -0.2) is 38.4 Å². The van der Waals surface area contributed by atoms with Crippen LogP contribution in [0, 0.1) is 6.92 Å². The van der Waals surface area contributed by atoms with E-state index in [0.717, 1.165) is 0 Å². The van der Waals surface area contributed by atoms with Crippen LogP contribution in [0.2, 0.25) is 0 Å². The van der Waals surface area contributed by atoms with Crippen LogP contribution in [0.5, 0.6) is 0 Å². The van der Waals surface area contributed by atoms with Crippen LogP contribution in [-0.2, 0) is 10.8 Å². The van der Waals surface area contributed by atoms with Crippen molar-refractivity contribution in [3.63, 3.8) is 0 Å². The van der Waals surface area contributed by atoms with Gasteiger partial charge >= 0.3 is 0 Å². The Kier molecular flexibility index (Phi) is 4.68. The number of hydrogen-bond acceptors (Lipinski definition) is 4. The molecule has 0 saturated carbocycles. The molecule has 1 aromatic rings. The molecule has 1 aromatic heterocycles. The van der Waals surface area contributed by atoms with Gasteiger partial charge in [-0.15, -0.1) is 0 Å². The summed E-state index contributed by atoms with van der Waals surface area (Å²) in [7, 11) is -0.868. The van der Waals surface area contributed by atoms with E-state index in [1.807, 2.05) is 6.92 Å². The fourth-order valence-corrected chi connectivity index (χ4v) is 1.70. The lowest BCUT2D eigenvalue weighted by Gasteiger charge is -2.08. The first kappa shape index (κ1) is 13.7. The molecule has 1 rings (SSSR count). The second-order valence-electron chi connectivity index (χ2n) is 3.96. The number of carbonyl (C=O) groups excluding carboxylic acids is 1. The predicted octanol–water partition coefficient (Wildman–Crippen LogP) is 0.187. The maximum absolute atomic E-state index is 11.7. The Balaban J connectivity index is 2.46. The summed E-state index contributed by atoms with van der Waals surface area (Å²) >= 11 is 0. The highest BCUT2D eigenvalue weighted by Gasteiger charge is 2.15. The number of rotatable bonds is 5. The van der Waals surface area contributed by atoms with E-state index in [2.05, 4.69) is 15.5 Å². The number of carbonyl (C=O) groups is 1. The van der Waals surface area contributed by atoms with Gasteiger partial charge in [-0.05, 0) is 13.3 Å². The third-order valence-electron chi connectivity index (χ3n) is 2.61. The molecule has 17 heavy (non-hydrogen) atoms. The standard InChI is InChI=1S/C10H18N4O2S/c1-6(17(3)16)4-5-12-10(15)9-8(11)7(2)13-14-9/h6H,4-5,11H2,1-3H3,(H,12,15)(H,13,14). The molecule has 96 valence electrons. The summed E-state index contributed by atoms with van der Waals surface area (Å²) in [6, 6.07) is 0. The van der Waals surface area contributed by atoms with E-state index in [9.17, 15) is 9.00 Å². The zero-order valence-corrected chi connectivity index (χ0v) is 11.1. The molecule has 0 aromatic carbocycles. The first-order chi connectivity index (χ1) is 7.93. The first-order valence-electron chi connectivity index (χ1n) is 5.34. The highest BCUT2D eigenvalue weighted by Crippen LogP contribution is 2.11. The number of aromatic nitrogens is 2. The molecule has 0 aliphatic carbocycles. The summed E-state index contributed by atoms with van der Waals surface area (Å²) < 4.78 is 11.1. The number of aromatic amines is 1. The van der Waals surface area contributed by atoms with Crippen molar-refractivity contribution < 1.29 is 9.00 Å². The van der Waals surface area contributed by atoms with Crippen LogP contribution in [0.25, 0.3) is 0 Å². The Hall–Kier alpha value is -1.37. The van der Waals surface area contributed by atoms with Gasteiger partial charge in [0.15, 0.2) is 5.69 Å². The molecule has 0 saturated heterocycles. The van der Waals surface area contributed by atoms with Crippen LogP contribution >= 0.6 is 0 Å². The van der Waals surface area contributed by atoms with E-state index < -0.39 is 10.8 Å². The van der Waals surface area contributed by atoms with E-state index in [-0.39, 0.29) is 16.9 Å². The molecule has 2 unspecified atom stereocenters. The van der Waals surface area contributed by atoms with Gasteiger partial charge in [-0.2, -0.15) is 5.10 Å². The average Bonchev–Trinajstić information content (AvgIpc) is 2.59. The smallest absolute Gasteiger partial charge is 0.273 e.